The smallest absolute Gasteiger partial charge is 0.0991 e. The molecular weight excluding hydrogens is 226 g/mol. The van der Waals surface area contributed by atoms with Crippen molar-refractivity contribution in [1.29, 1.82) is 0 Å². The Hall–Kier alpha value is -1.81. The van der Waals surface area contributed by atoms with Crippen LogP contribution in [0.5, 0.6) is 0 Å². The Balaban J connectivity index is 1.67. The zero-order valence-electron chi connectivity index (χ0n) is 10.2. The molecule has 1 aromatic carbocycles. The van der Waals surface area contributed by atoms with Crippen LogP contribution in [0.25, 0.3) is 5.69 Å². The molecule has 1 aromatic heterocycles. The van der Waals surface area contributed by atoms with Crippen LogP contribution in [-0.2, 0) is 4.74 Å². The fourth-order valence-electron chi connectivity index (χ4n) is 2.23. The molecule has 1 saturated heterocycles. The zero-order valence-corrected chi connectivity index (χ0v) is 10.2. The van der Waals surface area contributed by atoms with Crippen LogP contribution in [0.3, 0.4) is 0 Å². The first-order valence-corrected chi connectivity index (χ1v) is 6.36. The van der Waals surface area contributed by atoms with Crippen LogP contribution < -0.4 is 5.32 Å². The Bertz CT molecular complexity index is 490. The SMILES string of the molecule is c1cc(NCC2CCCO2)cc(-n2ccnc2)c1. The predicted octanol–water partition coefficient (Wildman–Crippen LogP) is 2.46. The van der Waals surface area contributed by atoms with Crippen molar-refractivity contribution in [3.05, 3.63) is 43.0 Å². The number of benzene rings is 1. The number of nitrogens with zero attached hydrogens (tertiary/aromatic N) is 2. The van der Waals surface area contributed by atoms with Gasteiger partial charge in [-0.3, -0.25) is 0 Å². The maximum absolute atomic E-state index is 5.60. The van der Waals surface area contributed by atoms with E-state index < -0.39 is 0 Å². The van der Waals surface area contributed by atoms with Crippen molar-refractivity contribution in [3.63, 3.8) is 0 Å². The summed E-state index contributed by atoms with van der Waals surface area (Å²) >= 11 is 0. The van der Waals surface area contributed by atoms with Crippen LogP contribution in [-0.4, -0.2) is 28.8 Å². The molecule has 1 N–H and O–H groups in total. The molecule has 0 saturated carbocycles. The molecule has 0 bridgehead atoms. The van der Waals surface area contributed by atoms with E-state index in [0.29, 0.717) is 6.10 Å². The summed E-state index contributed by atoms with van der Waals surface area (Å²) in [5.74, 6) is 0. The monoisotopic (exact) mass is 243 g/mol. The number of aromatic nitrogens is 2. The van der Waals surface area contributed by atoms with Crippen molar-refractivity contribution in [3.8, 4) is 5.69 Å². The van der Waals surface area contributed by atoms with Gasteiger partial charge in [0.05, 0.1) is 12.4 Å². The van der Waals surface area contributed by atoms with Gasteiger partial charge in [-0.15, -0.1) is 0 Å². The standard InChI is InChI=1S/C14H17N3O/c1-3-12(16-10-14-5-2-8-18-14)9-13(4-1)17-7-6-15-11-17/h1,3-4,6-7,9,11,14,16H,2,5,8,10H2. The quantitative estimate of drug-likeness (QED) is 0.896. The molecule has 2 heterocycles. The van der Waals surface area contributed by atoms with E-state index in [1.54, 1.807) is 12.5 Å². The summed E-state index contributed by atoms with van der Waals surface area (Å²) in [6, 6.07) is 8.32. The second kappa shape index (κ2) is 5.23. The summed E-state index contributed by atoms with van der Waals surface area (Å²) in [6.07, 6.45) is 8.24. The minimum absolute atomic E-state index is 0.363. The van der Waals surface area contributed by atoms with E-state index in [1.807, 2.05) is 16.8 Å². The Morgan fingerprint density at radius 2 is 2.44 bits per heavy atom. The fourth-order valence-corrected chi connectivity index (χ4v) is 2.23. The van der Waals surface area contributed by atoms with Crippen LogP contribution in [0.1, 0.15) is 12.8 Å². The van der Waals surface area contributed by atoms with Gasteiger partial charge in [-0.25, -0.2) is 4.98 Å². The van der Waals surface area contributed by atoms with E-state index in [-0.39, 0.29) is 0 Å². The number of ether oxygens (including phenoxy) is 1. The fraction of sp³-hybridized carbons (Fsp3) is 0.357. The summed E-state index contributed by atoms with van der Waals surface area (Å²) < 4.78 is 7.60. The summed E-state index contributed by atoms with van der Waals surface area (Å²) in [6.45, 7) is 1.79. The van der Waals surface area contributed by atoms with Crippen LogP contribution in [0.4, 0.5) is 5.69 Å². The molecule has 1 aliphatic heterocycles. The first kappa shape index (κ1) is 11.3. The van der Waals surface area contributed by atoms with E-state index >= 15 is 0 Å². The van der Waals surface area contributed by atoms with Crippen LogP contribution in [0.15, 0.2) is 43.0 Å². The number of anilines is 1. The lowest BCUT2D eigenvalue weighted by molar-refractivity contribution is 0.120. The third-order valence-electron chi connectivity index (χ3n) is 3.21. The summed E-state index contributed by atoms with van der Waals surface area (Å²) in [7, 11) is 0. The van der Waals surface area contributed by atoms with Gasteiger partial charge in [0.15, 0.2) is 0 Å². The molecule has 18 heavy (non-hydrogen) atoms. The zero-order chi connectivity index (χ0) is 12.2. The topological polar surface area (TPSA) is 39.1 Å². The van der Waals surface area contributed by atoms with E-state index in [1.165, 1.54) is 6.42 Å². The first-order valence-electron chi connectivity index (χ1n) is 6.36. The number of imidazole rings is 1. The number of rotatable bonds is 4. The summed E-state index contributed by atoms with van der Waals surface area (Å²) in [5, 5.41) is 3.43. The second-order valence-electron chi connectivity index (χ2n) is 4.54. The van der Waals surface area contributed by atoms with E-state index in [4.69, 9.17) is 4.74 Å². The van der Waals surface area contributed by atoms with Crippen LogP contribution in [0.2, 0.25) is 0 Å². The van der Waals surface area contributed by atoms with Crippen molar-refractivity contribution in [2.45, 2.75) is 18.9 Å². The molecular formula is C14H17N3O. The highest BCUT2D eigenvalue weighted by Gasteiger charge is 2.14. The lowest BCUT2D eigenvalue weighted by atomic mass is 10.2. The van der Waals surface area contributed by atoms with Crippen molar-refractivity contribution in [2.75, 3.05) is 18.5 Å². The highest BCUT2D eigenvalue weighted by Crippen LogP contribution is 2.16. The minimum atomic E-state index is 0.363. The maximum Gasteiger partial charge on any atom is 0.0991 e. The molecule has 1 unspecified atom stereocenters. The molecule has 0 aliphatic carbocycles. The highest BCUT2D eigenvalue weighted by molar-refractivity contribution is 5.51. The van der Waals surface area contributed by atoms with Crippen molar-refractivity contribution < 1.29 is 4.74 Å². The average Bonchev–Trinajstić information content (AvgIpc) is 3.10. The van der Waals surface area contributed by atoms with Crippen molar-refractivity contribution >= 4 is 5.69 Å². The largest absolute Gasteiger partial charge is 0.382 e. The molecule has 4 heteroatoms. The van der Waals surface area contributed by atoms with Gasteiger partial charge in [-0.2, -0.15) is 0 Å². The molecule has 0 radical (unpaired) electrons. The Labute approximate surface area is 107 Å². The molecule has 0 spiro atoms. The number of nitrogens with one attached hydrogen (secondary N) is 1. The van der Waals surface area contributed by atoms with Gasteiger partial charge in [0.25, 0.3) is 0 Å². The average molecular weight is 243 g/mol. The van der Waals surface area contributed by atoms with Crippen LogP contribution in [0, 0.1) is 0 Å². The Morgan fingerprint density at radius 3 is 3.22 bits per heavy atom. The van der Waals surface area contributed by atoms with Gasteiger partial charge in [-0.1, -0.05) is 6.07 Å². The minimum Gasteiger partial charge on any atom is -0.382 e. The van der Waals surface area contributed by atoms with E-state index in [2.05, 4.69) is 28.5 Å². The number of hydrogen-bond donors (Lipinski definition) is 1. The van der Waals surface area contributed by atoms with Gasteiger partial charge in [0.2, 0.25) is 0 Å². The first-order chi connectivity index (χ1) is 8.92. The van der Waals surface area contributed by atoms with Gasteiger partial charge >= 0.3 is 0 Å². The normalized spacial score (nSPS) is 19.0. The Kier molecular flexibility index (Phi) is 3.28. The molecule has 4 nitrogen and oxygen atoms in total. The van der Waals surface area contributed by atoms with E-state index in [0.717, 1.165) is 30.9 Å². The number of hydrogen-bond acceptors (Lipinski definition) is 3. The molecule has 3 rings (SSSR count). The molecule has 2 aromatic rings. The molecule has 1 fully saturated rings. The Morgan fingerprint density at radius 1 is 1.44 bits per heavy atom. The highest BCUT2D eigenvalue weighted by atomic mass is 16.5. The van der Waals surface area contributed by atoms with Gasteiger partial charge in [0.1, 0.15) is 0 Å². The van der Waals surface area contributed by atoms with Crippen molar-refractivity contribution in [1.82, 2.24) is 9.55 Å². The third kappa shape index (κ3) is 2.54. The van der Waals surface area contributed by atoms with Gasteiger partial charge in [0, 0.05) is 36.9 Å². The molecule has 1 atom stereocenters. The van der Waals surface area contributed by atoms with E-state index in [9.17, 15) is 0 Å². The lowest BCUT2D eigenvalue weighted by Gasteiger charge is -2.12. The molecule has 94 valence electrons. The third-order valence-corrected chi connectivity index (χ3v) is 3.21. The van der Waals surface area contributed by atoms with Crippen LogP contribution >= 0.6 is 0 Å². The molecule has 0 amide bonds. The second-order valence-corrected chi connectivity index (χ2v) is 4.54. The van der Waals surface area contributed by atoms with Crippen molar-refractivity contribution in [2.24, 2.45) is 0 Å². The summed E-state index contributed by atoms with van der Waals surface area (Å²) in [4.78, 5) is 4.06. The maximum atomic E-state index is 5.60. The summed E-state index contributed by atoms with van der Waals surface area (Å²) in [5.41, 5.74) is 2.24. The van der Waals surface area contributed by atoms with Gasteiger partial charge in [-0.05, 0) is 31.0 Å². The lowest BCUT2D eigenvalue weighted by Crippen LogP contribution is -2.18. The van der Waals surface area contributed by atoms with Gasteiger partial charge < -0.3 is 14.6 Å². The predicted molar refractivity (Wildman–Crippen MR) is 71.0 cm³/mol. The molecule has 1 aliphatic rings.